The molecule has 2 atom stereocenters. The lowest BCUT2D eigenvalue weighted by Gasteiger charge is -2.43. The van der Waals surface area contributed by atoms with Gasteiger partial charge in [-0.2, -0.15) is 0 Å². The molecule has 1 aliphatic rings. The highest BCUT2D eigenvalue weighted by atomic mass is 16.6. The zero-order valence-corrected chi connectivity index (χ0v) is 12.1. The van der Waals surface area contributed by atoms with Crippen molar-refractivity contribution in [2.75, 3.05) is 13.1 Å². The molecule has 0 spiro atoms. The Hall–Kier alpha value is -1.30. The van der Waals surface area contributed by atoms with Crippen LogP contribution in [0.2, 0.25) is 0 Å². The maximum absolute atomic E-state index is 12.0. The van der Waals surface area contributed by atoms with E-state index < -0.39 is 23.2 Å². The average Bonchev–Trinajstić information content (AvgIpc) is 2.26. The zero-order chi connectivity index (χ0) is 14.8. The fourth-order valence-electron chi connectivity index (χ4n) is 2.39. The van der Waals surface area contributed by atoms with Crippen molar-refractivity contribution in [3.05, 3.63) is 0 Å². The summed E-state index contributed by atoms with van der Waals surface area (Å²) in [5.41, 5.74) is 4.02. The van der Waals surface area contributed by atoms with Crippen molar-refractivity contribution in [2.45, 2.75) is 51.7 Å². The minimum Gasteiger partial charge on any atom is -0.480 e. The number of ether oxygens (including phenoxy) is 1. The van der Waals surface area contributed by atoms with Gasteiger partial charge in [-0.3, -0.25) is 4.79 Å². The molecule has 0 bridgehead atoms. The van der Waals surface area contributed by atoms with E-state index in [9.17, 15) is 14.7 Å². The maximum atomic E-state index is 12.0. The summed E-state index contributed by atoms with van der Waals surface area (Å²) in [4.78, 5) is 24.8. The standard InChI is InChI=1S/C13H24N2O4/c1-5-9-6-7-15(8-13(9,14)10(16)17)11(18)19-12(2,3)4/h9H,5-8,14H2,1-4H3,(H,16,17)/t9-,13-/m0/s1. The Bertz CT molecular complexity index is 364. The second-order valence-electron chi connectivity index (χ2n) is 6.14. The number of carbonyl (C=O) groups excluding carboxylic acids is 1. The Balaban J connectivity index is 2.81. The molecule has 1 heterocycles. The van der Waals surface area contributed by atoms with Gasteiger partial charge in [0.2, 0.25) is 0 Å². The topological polar surface area (TPSA) is 92.9 Å². The molecule has 1 amide bonds. The first-order valence-electron chi connectivity index (χ1n) is 6.60. The van der Waals surface area contributed by atoms with Gasteiger partial charge >= 0.3 is 12.1 Å². The number of rotatable bonds is 2. The first-order chi connectivity index (χ1) is 8.60. The minimum absolute atomic E-state index is 0.00421. The van der Waals surface area contributed by atoms with Crippen LogP contribution in [0.15, 0.2) is 0 Å². The molecule has 0 aromatic carbocycles. The van der Waals surface area contributed by atoms with Crippen LogP contribution in [0.4, 0.5) is 4.79 Å². The fourth-order valence-corrected chi connectivity index (χ4v) is 2.39. The maximum Gasteiger partial charge on any atom is 0.410 e. The third-order valence-electron chi connectivity index (χ3n) is 3.47. The molecule has 1 saturated heterocycles. The predicted octanol–water partition coefficient (Wildman–Crippen LogP) is 1.44. The number of carboxylic acids is 1. The largest absolute Gasteiger partial charge is 0.480 e. The Labute approximate surface area is 113 Å². The number of hydrogen-bond acceptors (Lipinski definition) is 4. The SMILES string of the molecule is CC[C@H]1CCN(C(=O)OC(C)(C)C)C[C@@]1(N)C(=O)O. The third kappa shape index (κ3) is 3.59. The molecule has 0 aromatic rings. The summed E-state index contributed by atoms with van der Waals surface area (Å²) in [5.74, 6) is -1.18. The summed E-state index contributed by atoms with van der Waals surface area (Å²) in [6.45, 7) is 7.72. The van der Waals surface area contributed by atoms with Gasteiger partial charge in [0.25, 0.3) is 0 Å². The number of hydrogen-bond donors (Lipinski definition) is 2. The molecule has 0 aliphatic carbocycles. The van der Waals surface area contributed by atoms with Crippen LogP contribution in [0, 0.1) is 5.92 Å². The third-order valence-corrected chi connectivity index (χ3v) is 3.47. The van der Waals surface area contributed by atoms with Gasteiger partial charge in [-0.05, 0) is 33.1 Å². The van der Waals surface area contributed by atoms with E-state index in [1.54, 1.807) is 20.8 Å². The number of aliphatic carboxylic acids is 1. The van der Waals surface area contributed by atoms with Crippen LogP contribution in [0.3, 0.4) is 0 Å². The van der Waals surface area contributed by atoms with E-state index >= 15 is 0 Å². The van der Waals surface area contributed by atoms with Crippen molar-refractivity contribution >= 4 is 12.1 Å². The van der Waals surface area contributed by atoms with Gasteiger partial charge in [-0.25, -0.2) is 4.79 Å². The lowest BCUT2D eigenvalue weighted by atomic mass is 9.77. The lowest BCUT2D eigenvalue weighted by Crippen LogP contribution is -2.65. The highest BCUT2D eigenvalue weighted by Crippen LogP contribution is 2.29. The van der Waals surface area contributed by atoms with E-state index in [1.165, 1.54) is 4.90 Å². The van der Waals surface area contributed by atoms with Crippen LogP contribution >= 0.6 is 0 Å². The number of likely N-dealkylation sites (tertiary alicyclic amines) is 1. The van der Waals surface area contributed by atoms with Crippen LogP contribution in [-0.2, 0) is 9.53 Å². The number of amides is 1. The molecule has 1 fully saturated rings. The Morgan fingerprint density at radius 1 is 1.47 bits per heavy atom. The van der Waals surface area contributed by atoms with E-state index in [1.807, 2.05) is 6.92 Å². The van der Waals surface area contributed by atoms with Crippen molar-refractivity contribution in [1.29, 1.82) is 0 Å². The predicted molar refractivity (Wildman–Crippen MR) is 70.8 cm³/mol. The number of carbonyl (C=O) groups is 2. The van der Waals surface area contributed by atoms with E-state index in [-0.39, 0.29) is 12.5 Å². The summed E-state index contributed by atoms with van der Waals surface area (Å²) >= 11 is 0. The number of nitrogens with two attached hydrogens (primary N) is 1. The normalized spacial score (nSPS) is 28.1. The molecule has 1 aliphatic heterocycles. The Kier molecular flexibility index (Phi) is 4.45. The molecule has 0 unspecified atom stereocenters. The molecule has 1 rings (SSSR count). The Morgan fingerprint density at radius 3 is 2.47 bits per heavy atom. The summed E-state index contributed by atoms with van der Waals surface area (Å²) in [5, 5.41) is 9.33. The first-order valence-corrected chi connectivity index (χ1v) is 6.60. The lowest BCUT2D eigenvalue weighted by molar-refractivity contribution is -0.148. The van der Waals surface area contributed by atoms with Crippen LogP contribution in [-0.4, -0.2) is 46.3 Å². The number of nitrogens with zero attached hydrogens (tertiary/aromatic N) is 1. The van der Waals surface area contributed by atoms with Crippen LogP contribution < -0.4 is 5.73 Å². The quantitative estimate of drug-likeness (QED) is 0.793. The van der Waals surface area contributed by atoms with Crippen LogP contribution in [0.5, 0.6) is 0 Å². The Morgan fingerprint density at radius 2 is 2.05 bits per heavy atom. The zero-order valence-electron chi connectivity index (χ0n) is 12.1. The first kappa shape index (κ1) is 15.8. The molecule has 0 aromatic heterocycles. The second kappa shape index (κ2) is 5.36. The van der Waals surface area contributed by atoms with E-state index in [4.69, 9.17) is 10.5 Å². The molecule has 3 N–H and O–H groups in total. The van der Waals surface area contributed by atoms with E-state index in [2.05, 4.69) is 0 Å². The number of piperidine rings is 1. The molecule has 6 heteroatoms. The van der Waals surface area contributed by atoms with Gasteiger partial charge in [0.1, 0.15) is 11.1 Å². The highest BCUT2D eigenvalue weighted by molar-refractivity contribution is 5.81. The van der Waals surface area contributed by atoms with Crippen molar-refractivity contribution in [3.63, 3.8) is 0 Å². The molecule has 6 nitrogen and oxygen atoms in total. The second-order valence-corrected chi connectivity index (χ2v) is 6.14. The molecular formula is C13H24N2O4. The van der Waals surface area contributed by atoms with Crippen molar-refractivity contribution in [1.82, 2.24) is 4.90 Å². The molecule has 19 heavy (non-hydrogen) atoms. The summed E-state index contributed by atoms with van der Waals surface area (Å²) < 4.78 is 5.26. The van der Waals surface area contributed by atoms with Gasteiger partial charge in [0, 0.05) is 6.54 Å². The van der Waals surface area contributed by atoms with Gasteiger partial charge < -0.3 is 20.5 Å². The van der Waals surface area contributed by atoms with Gasteiger partial charge in [0.15, 0.2) is 0 Å². The van der Waals surface area contributed by atoms with Gasteiger partial charge in [-0.1, -0.05) is 13.3 Å². The minimum atomic E-state index is -1.39. The van der Waals surface area contributed by atoms with Crippen LogP contribution in [0.1, 0.15) is 40.5 Å². The van der Waals surface area contributed by atoms with Crippen molar-refractivity contribution in [3.8, 4) is 0 Å². The fraction of sp³-hybridized carbons (Fsp3) is 0.846. The summed E-state index contributed by atoms with van der Waals surface area (Å²) in [6, 6.07) is 0. The monoisotopic (exact) mass is 272 g/mol. The summed E-state index contributed by atoms with van der Waals surface area (Å²) in [6.07, 6.45) is 0.766. The van der Waals surface area contributed by atoms with Gasteiger partial charge in [-0.15, -0.1) is 0 Å². The number of carboxylic acid groups (broad SMARTS) is 1. The van der Waals surface area contributed by atoms with Gasteiger partial charge in [0.05, 0.1) is 6.54 Å². The molecule has 0 saturated carbocycles. The highest BCUT2D eigenvalue weighted by Gasteiger charge is 2.47. The smallest absolute Gasteiger partial charge is 0.410 e. The van der Waals surface area contributed by atoms with E-state index in [0.29, 0.717) is 19.4 Å². The van der Waals surface area contributed by atoms with Crippen molar-refractivity contribution in [2.24, 2.45) is 11.7 Å². The molecule has 110 valence electrons. The van der Waals surface area contributed by atoms with Crippen LogP contribution in [0.25, 0.3) is 0 Å². The molecular weight excluding hydrogens is 248 g/mol. The van der Waals surface area contributed by atoms with E-state index in [0.717, 1.165) is 0 Å². The van der Waals surface area contributed by atoms with Crippen molar-refractivity contribution < 1.29 is 19.4 Å². The summed E-state index contributed by atoms with van der Waals surface area (Å²) in [7, 11) is 0. The molecule has 0 radical (unpaired) electrons. The average molecular weight is 272 g/mol.